The summed E-state index contributed by atoms with van der Waals surface area (Å²) in [7, 11) is 1.69. The highest BCUT2D eigenvalue weighted by Crippen LogP contribution is 2.16. The molecule has 1 aromatic rings. The molecule has 1 atom stereocenters. The van der Waals surface area contributed by atoms with E-state index >= 15 is 0 Å². The van der Waals surface area contributed by atoms with Gasteiger partial charge >= 0.3 is 0 Å². The third-order valence-corrected chi connectivity index (χ3v) is 4.08. The molecular weight excluding hydrogens is 262 g/mol. The van der Waals surface area contributed by atoms with E-state index in [4.69, 9.17) is 10.5 Å². The molecular formula is C17H31N3O. The van der Waals surface area contributed by atoms with Crippen LogP contribution in [0.4, 0.5) is 0 Å². The number of nitrogens with one attached hydrogen (secondary N) is 1. The van der Waals surface area contributed by atoms with Gasteiger partial charge in [0.15, 0.2) is 0 Å². The molecule has 0 aliphatic rings. The van der Waals surface area contributed by atoms with Gasteiger partial charge < -0.3 is 20.7 Å². The van der Waals surface area contributed by atoms with Crippen LogP contribution in [0, 0.1) is 0 Å². The van der Waals surface area contributed by atoms with Crippen molar-refractivity contribution in [3.8, 4) is 5.75 Å². The Morgan fingerprint density at radius 2 is 1.81 bits per heavy atom. The van der Waals surface area contributed by atoms with Gasteiger partial charge in [0.1, 0.15) is 5.75 Å². The maximum atomic E-state index is 5.99. The number of benzene rings is 1. The first-order valence-electron chi connectivity index (χ1n) is 7.87. The summed E-state index contributed by atoms with van der Waals surface area (Å²) in [4.78, 5) is 2.41. The lowest BCUT2D eigenvalue weighted by atomic mass is 9.92. The van der Waals surface area contributed by atoms with Crippen molar-refractivity contribution in [3.63, 3.8) is 0 Å². The summed E-state index contributed by atoms with van der Waals surface area (Å²) in [5.41, 5.74) is 7.20. The minimum Gasteiger partial charge on any atom is -0.497 e. The van der Waals surface area contributed by atoms with Gasteiger partial charge in [0.25, 0.3) is 0 Å². The summed E-state index contributed by atoms with van der Waals surface area (Å²) < 4.78 is 5.20. The molecule has 0 heterocycles. The lowest BCUT2D eigenvalue weighted by molar-refractivity contribution is 0.274. The molecule has 0 saturated carbocycles. The van der Waals surface area contributed by atoms with Crippen molar-refractivity contribution < 1.29 is 4.74 Å². The Labute approximate surface area is 129 Å². The van der Waals surface area contributed by atoms with Crippen LogP contribution in [-0.2, 0) is 6.42 Å². The van der Waals surface area contributed by atoms with Crippen LogP contribution in [0.3, 0.4) is 0 Å². The third-order valence-electron chi connectivity index (χ3n) is 4.08. The topological polar surface area (TPSA) is 50.5 Å². The summed E-state index contributed by atoms with van der Waals surface area (Å²) in [5.74, 6) is 0.891. The number of nitrogens with zero attached hydrogens (tertiary/aromatic N) is 1. The lowest BCUT2D eigenvalue weighted by Crippen LogP contribution is -2.52. The first kappa shape index (κ1) is 18.0. The number of likely N-dealkylation sites (N-methyl/N-ethyl adjacent to an activating group) is 1. The molecule has 1 rings (SSSR count). The van der Waals surface area contributed by atoms with Crippen LogP contribution in [0.5, 0.6) is 5.75 Å². The number of rotatable bonds is 10. The molecule has 0 fully saturated rings. The zero-order valence-corrected chi connectivity index (χ0v) is 14.0. The molecule has 3 N–H and O–H groups in total. The smallest absolute Gasteiger partial charge is 0.118 e. The molecule has 0 amide bonds. The van der Waals surface area contributed by atoms with E-state index in [0.29, 0.717) is 6.54 Å². The normalized spacial score (nSPS) is 14.2. The van der Waals surface area contributed by atoms with Gasteiger partial charge in [-0.1, -0.05) is 26.0 Å². The van der Waals surface area contributed by atoms with Crippen molar-refractivity contribution in [1.82, 2.24) is 10.2 Å². The van der Waals surface area contributed by atoms with E-state index in [-0.39, 0.29) is 5.54 Å². The zero-order chi connectivity index (χ0) is 15.7. The van der Waals surface area contributed by atoms with Crippen molar-refractivity contribution in [2.24, 2.45) is 5.73 Å². The highest BCUT2D eigenvalue weighted by atomic mass is 16.5. The highest BCUT2D eigenvalue weighted by molar-refractivity contribution is 5.28. The molecule has 0 radical (unpaired) electrons. The standard InChI is InChI=1S/C17H31N3O/c1-5-20(6-2)12-11-19-17(3,14-18)13-15-7-9-16(21-4)10-8-15/h7-10,19H,5-6,11-14,18H2,1-4H3. The van der Waals surface area contributed by atoms with Crippen LogP contribution in [0.2, 0.25) is 0 Å². The second-order valence-electron chi connectivity index (χ2n) is 5.74. The first-order chi connectivity index (χ1) is 10.1. The van der Waals surface area contributed by atoms with Crippen LogP contribution >= 0.6 is 0 Å². The minimum absolute atomic E-state index is 0.0677. The van der Waals surface area contributed by atoms with E-state index in [0.717, 1.165) is 38.3 Å². The fraction of sp³-hybridized carbons (Fsp3) is 0.647. The minimum atomic E-state index is -0.0677. The highest BCUT2D eigenvalue weighted by Gasteiger charge is 2.22. The molecule has 21 heavy (non-hydrogen) atoms. The maximum absolute atomic E-state index is 5.99. The fourth-order valence-corrected chi connectivity index (χ4v) is 2.46. The molecule has 0 saturated heterocycles. The SMILES string of the molecule is CCN(CC)CCNC(C)(CN)Cc1ccc(OC)cc1. The molecule has 1 aromatic carbocycles. The van der Waals surface area contributed by atoms with E-state index in [1.54, 1.807) is 7.11 Å². The number of hydrogen-bond acceptors (Lipinski definition) is 4. The Balaban J connectivity index is 2.53. The van der Waals surface area contributed by atoms with E-state index < -0.39 is 0 Å². The number of methoxy groups -OCH3 is 1. The Kier molecular flexibility index (Phi) is 7.72. The van der Waals surface area contributed by atoms with Gasteiger partial charge in [-0.3, -0.25) is 0 Å². The van der Waals surface area contributed by atoms with Crippen LogP contribution < -0.4 is 15.8 Å². The third kappa shape index (κ3) is 6.04. The number of nitrogens with two attached hydrogens (primary N) is 1. The average Bonchev–Trinajstić information content (AvgIpc) is 2.52. The van der Waals surface area contributed by atoms with E-state index in [1.165, 1.54) is 5.56 Å². The van der Waals surface area contributed by atoms with E-state index in [9.17, 15) is 0 Å². The second kappa shape index (κ2) is 9.03. The summed E-state index contributed by atoms with van der Waals surface area (Å²) >= 11 is 0. The molecule has 0 aliphatic carbocycles. The number of hydrogen-bond donors (Lipinski definition) is 2. The van der Waals surface area contributed by atoms with Gasteiger partial charge in [-0.25, -0.2) is 0 Å². The predicted octanol–water partition coefficient (Wildman–Crippen LogP) is 1.89. The van der Waals surface area contributed by atoms with Gasteiger partial charge in [-0.15, -0.1) is 0 Å². The Bertz CT molecular complexity index is 390. The van der Waals surface area contributed by atoms with Crippen molar-refractivity contribution in [2.45, 2.75) is 32.7 Å². The van der Waals surface area contributed by atoms with Gasteiger partial charge in [0, 0.05) is 25.2 Å². The Morgan fingerprint density at radius 1 is 1.19 bits per heavy atom. The van der Waals surface area contributed by atoms with Crippen LogP contribution in [0.25, 0.3) is 0 Å². The van der Waals surface area contributed by atoms with Crippen molar-refractivity contribution >= 4 is 0 Å². The fourth-order valence-electron chi connectivity index (χ4n) is 2.46. The summed E-state index contributed by atoms with van der Waals surface area (Å²) in [6.45, 7) is 11.4. The summed E-state index contributed by atoms with van der Waals surface area (Å²) in [5, 5.41) is 3.62. The van der Waals surface area contributed by atoms with Crippen LogP contribution in [0.1, 0.15) is 26.3 Å². The maximum Gasteiger partial charge on any atom is 0.118 e. The van der Waals surface area contributed by atoms with Gasteiger partial charge in [0.2, 0.25) is 0 Å². The van der Waals surface area contributed by atoms with Crippen molar-refractivity contribution in [1.29, 1.82) is 0 Å². The van der Waals surface area contributed by atoms with Gasteiger partial charge in [-0.2, -0.15) is 0 Å². The molecule has 4 heteroatoms. The van der Waals surface area contributed by atoms with E-state index in [2.05, 4.69) is 43.1 Å². The average molecular weight is 293 g/mol. The molecule has 0 aliphatic heterocycles. The molecule has 1 unspecified atom stereocenters. The molecule has 0 spiro atoms. The second-order valence-corrected chi connectivity index (χ2v) is 5.74. The zero-order valence-electron chi connectivity index (χ0n) is 14.0. The monoisotopic (exact) mass is 293 g/mol. The molecule has 4 nitrogen and oxygen atoms in total. The van der Waals surface area contributed by atoms with Gasteiger partial charge in [0.05, 0.1) is 7.11 Å². The quantitative estimate of drug-likeness (QED) is 0.692. The van der Waals surface area contributed by atoms with Crippen molar-refractivity contribution in [3.05, 3.63) is 29.8 Å². The predicted molar refractivity (Wildman–Crippen MR) is 89.9 cm³/mol. The van der Waals surface area contributed by atoms with Crippen LogP contribution in [-0.4, -0.2) is 50.3 Å². The van der Waals surface area contributed by atoms with Gasteiger partial charge in [-0.05, 0) is 44.1 Å². The molecule has 0 aromatic heterocycles. The molecule has 0 bridgehead atoms. The number of ether oxygens (including phenoxy) is 1. The Morgan fingerprint density at radius 3 is 2.29 bits per heavy atom. The Hall–Kier alpha value is -1.10. The summed E-state index contributed by atoms with van der Waals surface area (Å²) in [6.07, 6.45) is 0.922. The van der Waals surface area contributed by atoms with Crippen LogP contribution in [0.15, 0.2) is 24.3 Å². The van der Waals surface area contributed by atoms with E-state index in [1.807, 2.05) is 12.1 Å². The largest absolute Gasteiger partial charge is 0.497 e. The first-order valence-corrected chi connectivity index (χ1v) is 7.87. The summed E-state index contributed by atoms with van der Waals surface area (Å²) in [6, 6.07) is 8.22. The lowest BCUT2D eigenvalue weighted by Gasteiger charge is -2.31. The van der Waals surface area contributed by atoms with Crippen molar-refractivity contribution in [2.75, 3.05) is 39.8 Å². The molecule has 120 valence electrons.